The fourth-order valence-electron chi connectivity index (χ4n) is 6.40. The zero-order valence-electron chi connectivity index (χ0n) is 22.6. The Balaban J connectivity index is 1.53. The molecule has 1 unspecified atom stereocenters. The Kier molecular flexibility index (Phi) is 7.76. The van der Waals surface area contributed by atoms with Gasteiger partial charge < -0.3 is 4.74 Å². The summed E-state index contributed by atoms with van der Waals surface area (Å²) in [5, 5.41) is 0. The van der Waals surface area contributed by atoms with Crippen LogP contribution in [0.25, 0.3) is 11.3 Å². The minimum Gasteiger partial charge on any atom is -0.490 e. The van der Waals surface area contributed by atoms with Crippen molar-refractivity contribution in [2.24, 2.45) is 0 Å². The molecule has 2 aliphatic rings. The monoisotopic (exact) mass is 482 g/mol. The second-order valence-corrected chi connectivity index (χ2v) is 10.8. The van der Waals surface area contributed by atoms with E-state index in [0.717, 1.165) is 49.4 Å². The second-order valence-electron chi connectivity index (χ2n) is 10.8. The van der Waals surface area contributed by atoms with Crippen molar-refractivity contribution in [2.45, 2.75) is 97.2 Å². The number of hydrogen-bond acceptors (Lipinski definition) is 3. The Hall–Kier alpha value is -2.65. The quantitative estimate of drug-likeness (QED) is 0.325. The van der Waals surface area contributed by atoms with E-state index in [1.807, 2.05) is 0 Å². The van der Waals surface area contributed by atoms with Crippen LogP contribution in [0, 0.1) is 6.92 Å². The van der Waals surface area contributed by atoms with Crippen molar-refractivity contribution in [3.05, 3.63) is 82.0 Å². The van der Waals surface area contributed by atoms with Gasteiger partial charge in [0.05, 0.1) is 11.8 Å². The first-order chi connectivity index (χ1) is 17.6. The average Bonchev–Trinajstić information content (AvgIpc) is 3.42. The van der Waals surface area contributed by atoms with Crippen LogP contribution < -0.4 is 4.74 Å². The van der Waals surface area contributed by atoms with Gasteiger partial charge in [-0.3, -0.25) is 9.88 Å². The summed E-state index contributed by atoms with van der Waals surface area (Å²) >= 11 is 0. The highest BCUT2D eigenvalue weighted by atomic mass is 16.5. The van der Waals surface area contributed by atoms with Crippen LogP contribution in [0.5, 0.6) is 5.75 Å². The predicted molar refractivity (Wildman–Crippen MR) is 150 cm³/mol. The topological polar surface area (TPSA) is 25.4 Å². The summed E-state index contributed by atoms with van der Waals surface area (Å²) < 4.78 is 6.79. The summed E-state index contributed by atoms with van der Waals surface area (Å²) in [5.41, 5.74) is 10.5. The number of aryl methyl sites for hydroxylation is 4. The number of aromatic nitrogens is 1. The molecule has 5 rings (SSSR count). The van der Waals surface area contributed by atoms with E-state index in [-0.39, 0.29) is 0 Å². The van der Waals surface area contributed by atoms with Crippen LogP contribution in [0.1, 0.15) is 91.9 Å². The lowest BCUT2D eigenvalue weighted by Crippen LogP contribution is -2.28. The molecule has 1 heterocycles. The van der Waals surface area contributed by atoms with E-state index >= 15 is 0 Å². The van der Waals surface area contributed by atoms with Crippen molar-refractivity contribution in [1.82, 2.24) is 9.88 Å². The number of benzene rings is 2. The number of ether oxygens (including phenoxy) is 1. The highest BCUT2D eigenvalue weighted by Gasteiger charge is 2.27. The molecule has 3 heteroatoms. The molecule has 2 aromatic carbocycles. The highest BCUT2D eigenvalue weighted by molar-refractivity contribution is 5.70. The molecule has 0 aliphatic heterocycles. The van der Waals surface area contributed by atoms with Crippen molar-refractivity contribution < 1.29 is 4.74 Å². The molecule has 0 bridgehead atoms. The number of hydrogen-bond donors (Lipinski definition) is 0. The van der Waals surface area contributed by atoms with E-state index < -0.39 is 0 Å². The van der Waals surface area contributed by atoms with Crippen molar-refractivity contribution >= 4 is 0 Å². The third-order valence-electron chi connectivity index (χ3n) is 8.42. The Morgan fingerprint density at radius 2 is 1.64 bits per heavy atom. The van der Waals surface area contributed by atoms with Crippen LogP contribution in [-0.2, 0) is 25.8 Å². The summed E-state index contributed by atoms with van der Waals surface area (Å²) in [6, 6.07) is 18.4. The smallest absolute Gasteiger partial charge is 0.128 e. The third kappa shape index (κ3) is 5.09. The van der Waals surface area contributed by atoms with Gasteiger partial charge in [-0.2, -0.15) is 0 Å². The molecule has 0 N–H and O–H groups in total. The number of pyridine rings is 1. The van der Waals surface area contributed by atoms with Crippen molar-refractivity contribution in [3.63, 3.8) is 0 Å². The molecule has 1 fully saturated rings. The average molecular weight is 483 g/mol. The first-order valence-electron chi connectivity index (χ1n) is 14.1. The molecule has 36 heavy (non-hydrogen) atoms. The van der Waals surface area contributed by atoms with Gasteiger partial charge in [0.2, 0.25) is 0 Å². The summed E-state index contributed by atoms with van der Waals surface area (Å²) in [4.78, 5) is 7.76. The van der Waals surface area contributed by atoms with Gasteiger partial charge >= 0.3 is 0 Å². The Bertz CT molecular complexity index is 1170. The molecule has 3 aromatic rings. The fraction of sp³-hybridized carbons (Fsp3) is 0.485. The van der Waals surface area contributed by atoms with Gasteiger partial charge in [0.15, 0.2) is 0 Å². The Morgan fingerprint density at radius 3 is 2.36 bits per heavy atom. The van der Waals surface area contributed by atoms with Crippen LogP contribution in [-0.4, -0.2) is 23.0 Å². The lowest BCUT2D eigenvalue weighted by Gasteiger charge is -2.34. The lowest BCUT2D eigenvalue weighted by molar-refractivity contribution is 0.189. The molecule has 0 spiro atoms. The Morgan fingerprint density at radius 1 is 0.917 bits per heavy atom. The molecule has 1 aromatic heterocycles. The van der Waals surface area contributed by atoms with E-state index in [1.54, 1.807) is 0 Å². The minimum atomic E-state index is 0.325. The van der Waals surface area contributed by atoms with Gasteiger partial charge in [-0.15, -0.1) is 0 Å². The molecule has 0 amide bonds. The van der Waals surface area contributed by atoms with Crippen LogP contribution in [0.4, 0.5) is 0 Å². The van der Waals surface area contributed by atoms with E-state index in [0.29, 0.717) is 12.1 Å². The maximum absolute atomic E-state index is 6.79. The minimum absolute atomic E-state index is 0.325. The zero-order chi connectivity index (χ0) is 25.1. The summed E-state index contributed by atoms with van der Waals surface area (Å²) in [7, 11) is 2.28. The summed E-state index contributed by atoms with van der Waals surface area (Å²) in [5.74, 6) is 1.05. The van der Waals surface area contributed by atoms with Crippen LogP contribution in [0.15, 0.2) is 48.5 Å². The number of nitrogens with zero attached hydrogens (tertiary/aromatic N) is 2. The van der Waals surface area contributed by atoms with Gasteiger partial charge in [0, 0.05) is 35.5 Å². The van der Waals surface area contributed by atoms with Crippen molar-refractivity contribution in [2.75, 3.05) is 7.05 Å². The van der Waals surface area contributed by atoms with Crippen LogP contribution in [0.2, 0.25) is 0 Å². The highest BCUT2D eigenvalue weighted by Crippen LogP contribution is 2.38. The third-order valence-corrected chi connectivity index (χ3v) is 8.42. The van der Waals surface area contributed by atoms with Gasteiger partial charge in [-0.25, -0.2) is 0 Å². The molecule has 2 aliphatic carbocycles. The molecular formula is C33H42N2O. The van der Waals surface area contributed by atoms with Crippen LogP contribution in [0.3, 0.4) is 0 Å². The summed E-state index contributed by atoms with van der Waals surface area (Å²) in [6.45, 7) is 7.53. The van der Waals surface area contributed by atoms with Gasteiger partial charge in [0.1, 0.15) is 5.75 Å². The van der Waals surface area contributed by atoms with Gasteiger partial charge in [-0.1, -0.05) is 56.3 Å². The number of fused-ring (bicyclic) bond motifs is 1. The summed E-state index contributed by atoms with van der Waals surface area (Å²) in [6.07, 6.45) is 10.9. The van der Waals surface area contributed by atoms with Gasteiger partial charge in [0.25, 0.3) is 0 Å². The first-order valence-corrected chi connectivity index (χ1v) is 14.1. The Labute approximate surface area is 217 Å². The van der Waals surface area contributed by atoms with Crippen molar-refractivity contribution in [3.8, 4) is 17.0 Å². The molecule has 190 valence electrons. The standard InChI is InChI=1S/C33H42N2O/c1-5-24-14-11-15-25(6-2)33(24)30-21-32(36-27-17-8-9-18-27)29(23(3)34-30)22-35(4)31-20-12-16-26-13-7-10-19-28(26)31/h7,10-11,13-15,19,21,27,31H,5-6,8-9,12,16-18,20,22H2,1-4H3. The zero-order valence-corrected chi connectivity index (χ0v) is 22.6. The number of rotatable bonds is 8. The van der Waals surface area contributed by atoms with E-state index in [2.05, 4.69) is 81.2 Å². The van der Waals surface area contributed by atoms with E-state index in [1.165, 1.54) is 65.5 Å². The fourth-order valence-corrected chi connectivity index (χ4v) is 6.40. The molecule has 0 saturated heterocycles. The largest absolute Gasteiger partial charge is 0.490 e. The van der Waals surface area contributed by atoms with E-state index in [9.17, 15) is 0 Å². The molecular weight excluding hydrogens is 440 g/mol. The maximum Gasteiger partial charge on any atom is 0.128 e. The normalized spacial score (nSPS) is 18.0. The first kappa shape index (κ1) is 25.0. The molecule has 3 nitrogen and oxygen atoms in total. The maximum atomic E-state index is 6.79. The van der Waals surface area contributed by atoms with Gasteiger partial charge in [-0.05, 0) is 94.0 Å². The molecule has 1 atom stereocenters. The van der Waals surface area contributed by atoms with Crippen LogP contribution >= 0.6 is 0 Å². The SMILES string of the molecule is CCc1cccc(CC)c1-c1cc(OC2CCCC2)c(CN(C)C2CCCc3ccccc32)c(C)n1. The van der Waals surface area contributed by atoms with Crippen molar-refractivity contribution in [1.29, 1.82) is 0 Å². The van der Waals surface area contributed by atoms with E-state index in [4.69, 9.17) is 9.72 Å². The molecule has 0 radical (unpaired) electrons. The lowest BCUT2D eigenvalue weighted by atomic mass is 9.87. The second kappa shape index (κ2) is 11.2. The molecule has 1 saturated carbocycles. The predicted octanol–water partition coefficient (Wildman–Crippen LogP) is 8.01.